The van der Waals surface area contributed by atoms with Crippen molar-refractivity contribution in [3.63, 3.8) is 0 Å². The molecule has 1 fully saturated rings. The van der Waals surface area contributed by atoms with Crippen molar-refractivity contribution in [3.05, 3.63) is 29.6 Å². The summed E-state index contributed by atoms with van der Waals surface area (Å²) in [5.41, 5.74) is 2.75. The lowest BCUT2D eigenvalue weighted by Gasteiger charge is -2.31. The van der Waals surface area contributed by atoms with Crippen LogP contribution >= 0.6 is 12.4 Å². The molecule has 16 heavy (non-hydrogen) atoms. The van der Waals surface area contributed by atoms with Gasteiger partial charge in [0.2, 0.25) is 0 Å². The Kier molecular flexibility index (Phi) is 3.47. The van der Waals surface area contributed by atoms with E-state index in [1.54, 1.807) is 0 Å². The van der Waals surface area contributed by atoms with Crippen LogP contribution in [0.5, 0.6) is 0 Å². The lowest BCUT2D eigenvalue weighted by Crippen LogP contribution is -2.40. The van der Waals surface area contributed by atoms with Crippen LogP contribution in [-0.4, -0.2) is 36.1 Å². The summed E-state index contributed by atoms with van der Waals surface area (Å²) in [5, 5.41) is 3.36. The molecule has 2 heterocycles. The number of nitrogens with zero attached hydrogens (tertiary/aromatic N) is 2. The number of piperidine rings is 1. The van der Waals surface area contributed by atoms with Gasteiger partial charge in [0, 0.05) is 25.3 Å². The van der Waals surface area contributed by atoms with Crippen LogP contribution < -0.4 is 5.32 Å². The highest BCUT2D eigenvalue weighted by molar-refractivity contribution is 5.85. The molecule has 4 heteroatoms. The van der Waals surface area contributed by atoms with Gasteiger partial charge in [-0.2, -0.15) is 0 Å². The summed E-state index contributed by atoms with van der Waals surface area (Å²) in [4.78, 5) is 6.97. The van der Waals surface area contributed by atoms with Crippen molar-refractivity contribution < 1.29 is 0 Å². The number of halogens is 1. The van der Waals surface area contributed by atoms with E-state index in [1.807, 2.05) is 12.3 Å². The van der Waals surface area contributed by atoms with E-state index in [0.717, 1.165) is 6.04 Å². The standard InChI is InChI=1S/C12H17N3.ClH/c1-13-9-4-7-15(8-5-9)12-10-3-2-6-14-11(10)12;/h2-3,6,9,12-13H,4-5,7-8H2,1H3;1H. The van der Waals surface area contributed by atoms with E-state index in [9.17, 15) is 0 Å². The maximum atomic E-state index is 4.41. The van der Waals surface area contributed by atoms with Crippen molar-refractivity contribution >= 4 is 12.4 Å². The van der Waals surface area contributed by atoms with E-state index < -0.39 is 0 Å². The molecule has 1 atom stereocenters. The summed E-state index contributed by atoms with van der Waals surface area (Å²) in [6.07, 6.45) is 4.43. The maximum absolute atomic E-state index is 4.41. The van der Waals surface area contributed by atoms with Crippen LogP contribution in [0, 0.1) is 0 Å². The van der Waals surface area contributed by atoms with Gasteiger partial charge in [0.1, 0.15) is 0 Å². The molecule has 1 saturated heterocycles. The third-order valence-electron chi connectivity index (χ3n) is 3.64. The average Bonchev–Trinajstić information content (AvgIpc) is 3.03. The fraction of sp³-hybridized carbons (Fsp3) is 0.583. The number of rotatable bonds is 2. The first kappa shape index (κ1) is 11.8. The number of likely N-dealkylation sites (tertiary alicyclic amines) is 1. The topological polar surface area (TPSA) is 28.2 Å². The SMILES string of the molecule is CNC1CCN(C2c3cccnc32)CC1.Cl. The van der Waals surface area contributed by atoms with Gasteiger partial charge in [-0.1, -0.05) is 6.07 Å². The van der Waals surface area contributed by atoms with Crippen LogP contribution in [0.25, 0.3) is 0 Å². The van der Waals surface area contributed by atoms with Gasteiger partial charge in [-0.05, 0) is 31.5 Å². The average molecular weight is 240 g/mol. The van der Waals surface area contributed by atoms with Crippen LogP contribution in [-0.2, 0) is 0 Å². The van der Waals surface area contributed by atoms with Crippen molar-refractivity contribution in [1.82, 2.24) is 15.2 Å². The van der Waals surface area contributed by atoms with Crippen molar-refractivity contribution in [3.8, 4) is 0 Å². The molecule has 2 aliphatic rings. The fourth-order valence-corrected chi connectivity index (χ4v) is 2.62. The van der Waals surface area contributed by atoms with Crippen molar-refractivity contribution in [2.45, 2.75) is 24.9 Å². The highest BCUT2D eigenvalue weighted by atomic mass is 35.5. The van der Waals surface area contributed by atoms with Crippen molar-refractivity contribution in [1.29, 1.82) is 0 Å². The molecule has 3 rings (SSSR count). The normalized spacial score (nSPS) is 24.7. The Labute approximate surface area is 103 Å². The summed E-state index contributed by atoms with van der Waals surface area (Å²) < 4.78 is 0. The Morgan fingerprint density at radius 2 is 2.12 bits per heavy atom. The quantitative estimate of drug-likeness (QED) is 0.850. The monoisotopic (exact) mass is 239 g/mol. The third-order valence-corrected chi connectivity index (χ3v) is 3.64. The van der Waals surface area contributed by atoms with Crippen LogP contribution in [0.3, 0.4) is 0 Å². The summed E-state index contributed by atoms with van der Waals surface area (Å²) in [7, 11) is 2.06. The Morgan fingerprint density at radius 1 is 1.38 bits per heavy atom. The lowest BCUT2D eigenvalue weighted by molar-refractivity contribution is 0.186. The molecule has 0 amide bonds. The largest absolute Gasteiger partial charge is 0.317 e. The van der Waals surface area contributed by atoms with Crippen molar-refractivity contribution in [2.75, 3.05) is 20.1 Å². The molecule has 1 aromatic heterocycles. The molecule has 3 nitrogen and oxygen atoms in total. The summed E-state index contributed by atoms with van der Waals surface area (Å²) in [6, 6.07) is 5.52. The Balaban J connectivity index is 0.000000963. The van der Waals surface area contributed by atoms with Gasteiger partial charge in [0.25, 0.3) is 0 Å². The predicted octanol–water partition coefficient (Wildman–Crippen LogP) is 1.59. The minimum atomic E-state index is 0. The Bertz CT molecular complexity index is 338. The minimum absolute atomic E-state index is 0. The minimum Gasteiger partial charge on any atom is -0.317 e. The third kappa shape index (κ3) is 1.95. The number of aromatic nitrogens is 1. The number of hydrogen-bond donors (Lipinski definition) is 1. The molecule has 0 saturated carbocycles. The molecule has 0 spiro atoms. The fourth-order valence-electron chi connectivity index (χ4n) is 2.62. The van der Waals surface area contributed by atoms with Crippen LogP contribution in [0.4, 0.5) is 0 Å². The molecule has 88 valence electrons. The lowest BCUT2D eigenvalue weighted by atomic mass is 10.1. The molecule has 0 aromatic carbocycles. The molecule has 0 bridgehead atoms. The summed E-state index contributed by atoms with van der Waals surface area (Å²) in [5.74, 6) is 0. The highest BCUT2D eigenvalue weighted by Crippen LogP contribution is 2.44. The van der Waals surface area contributed by atoms with Gasteiger partial charge in [-0.15, -0.1) is 12.4 Å². The second-order valence-electron chi connectivity index (χ2n) is 4.48. The smallest absolute Gasteiger partial charge is 0.0798 e. The predicted molar refractivity (Wildman–Crippen MR) is 67.0 cm³/mol. The van der Waals surface area contributed by atoms with E-state index in [4.69, 9.17) is 0 Å². The van der Waals surface area contributed by atoms with Gasteiger partial charge in [0.05, 0.1) is 11.7 Å². The summed E-state index contributed by atoms with van der Waals surface area (Å²) in [6.45, 7) is 2.40. The van der Waals surface area contributed by atoms with Gasteiger partial charge in [-0.3, -0.25) is 9.88 Å². The Hall–Kier alpha value is -0.640. The number of fused-ring (bicyclic) bond motifs is 1. The van der Waals surface area contributed by atoms with Gasteiger partial charge >= 0.3 is 0 Å². The second kappa shape index (κ2) is 4.70. The molecule has 1 unspecified atom stereocenters. The van der Waals surface area contributed by atoms with Crippen LogP contribution in [0.1, 0.15) is 30.1 Å². The molecular formula is C12H18ClN3. The zero-order chi connectivity index (χ0) is 10.3. The molecule has 1 aliphatic carbocycles. The zero-order valence-electron chi connectivity index (χ0n) is 9.52. The molecule has 1 aliphatic heterocycles. The van der Waals surface area contributed by atoms with E-state index >= 15 is 0 Å². The van der Waals surface area contributed by atoms with E-state index in [0.29, 0.717) is 6.04 Å². The maximum Gasteiger partial charge on any atom is 0.0798 e. The number of pyridine rings is 1. The van der Waals surface area contributed by atoms with Crippen LogP contribution in [0.15, 0.2) is 18.3 Å². The number of hydrogen-bond acceptors (Lipinski definition) is 3. The van der Waals surface area contributed by atoms with E-state index in [1.165, 1.54) is 37.2 Å². The zero-order valence-corrected chi connectivity index (χ0v) is 10.3. The van der Waals surface area contributed by atoms with Gasteiger partial charge < -0.3 is 5.32 Å². The molecule has 0 radical (unpaired) electrons. The second-order valence-corrected chi connectivity index (χ2v) is 4.48. The van der Waals surface area contributed by atoms with Gasteiger partial charge in [0.15, 0.2) is 0 Å². The first-order valence-corrected chi connectivity index (χ1v) is 5.76. The van der Waals surface area contributed by atoms with Crippen molar-refractivity contribution in [2.24, 2.45) is 0 Å². The number of nitrogens with one attached hydrogen (secondary N) is 1. The van der Waals surface area contributed by atoms with E-state index in [2.05, 4.69) is 28.3 Å². The highest BCUT2D eigenvalue weighted by Gasteiger charge is 2.40. The Morgan fingerprint density at radius 3 is 2.69 bits per heavy atom. The molecule has 1 aromatic rings. The molecular weight excluding hydrogens is 222 g/mol. The van der Waals surface area contributed by atoms with E-state index in [-0.39, 0.29) is 12.4 Å². The van der Waals surface area contributed by atoms with Crippen LogP contribution in [0.2, 0.25) is 0 Å². The first-order chi connectivity index (χ1) is 7.40. The van der Waals surface area contributed by atoms with Gasteiger partial charge in [-0.25, -0.2) is 0 Å². The first-order valence-electron chi connectivity index (χ1n) is 5.76. The molecule has 1 N–H and O–H groups in total. The summed E-state index contributed by atoms with van der Waals surface area (Å²) >= 11 is 0.